The lowest BCUT2D eigenvalue weighted by atomic mass is 9.49. The Hall–Kier alpha value is -1.66. The molecule has 6 heteroatoms. The summed E-state index contributed by atoms with van der Waals surface area (Å²) in [6.07, 6.45) is 5.87. The van der Waals surface area contributed by atoms with Crippen LogP contribution in [0.15, 0.2) is 51.5 Å². The molecule has 4 rings (SSSR count). The van der Waals surface area contributed by atoms with Gasteiger partial charge in [0.25, 0.3) is 10.0 Å². The van der Waals surface area contributed by atoms with Crippen LogP contribution < -0.4 is 4.83 Å². The van der Waals surface area contributed by atoms with E-state index in [4.69, 9.17) is 4.74 Å². The van der Waals surface area contributed by atoms with Crippen molar-refractivity contribution in [1.29, 1.82) is 0 Å². The maximum atomic E-state index is 12.9. The van der Waals surface area contributed by atoms with Gasteiger partial charge >= 0.3 is 0 Å². The summed E-state index contributed by atoms with van der Waals surface area (Å²) in [6.45, 7) is 14.3. The first-order chi connectivity index (χ1) is 14.8. The van der Waals surface area contributed by atoms with Gasteiger partial charge in [0.2, 0.25) is 0 Å². The number of hydrazone groups is 1. The van der Waals surface area contributed by atoms with Gasteiger partial charge in [-0.05, 0) is 73.8 Å². The van der Waals surface area contributed by atoms with E-state index in [0.29, 0.717) is 6.61 Å². The van der Waals surface area contributed by atoms with E-state index in [0.717, 1.165) is 37.8 Å². The van der Waals surface area contributed by atoms with E-state index >= 15 is 0 Å². The lowest BCUT2D eigenvalue weighted by molar-refractivity contribution is -0.114. The first-order valence-corrected chi connectivity index (χ1v) is 13.3. The van der Waals surface area contributed by atoms with E-state index in [1.165, 1.54) is 17.6 Å². The Balaban J connectivity index is 1.81. The lowest BCUT2D eigenvalue weighted by Gasteiger charge is -2.59. The molecule has 1 N–H and O–H groups in total. The van der Waals surface area contributed by atoms with Crippen LogP contribution in [-0.4, -0.2) is 26.3 Å². The molecule has 32 heavy (non-hydrogen) atoms. The highest BCUT2D eigenvalue weighted by Crippen LogP contribution is 2.62. The number of nitrogens with zero attached hydrogens (tertiary/aromatic N) is 1. The van der Waals surface area contributed by atoms with Crippen LogP contribution in [0.25, 0.3) is 0 Å². The quantitative estimate of drug-likeness (QED) is 0.564. The zero-order chi connectivity index (χ0) is 23.4. The number of nitrogens with one attached hydrogen (secondary N) is 1. The molecule has 2 bridgehead atoms. The SMILES string of the molecule is CCO[C@@]12CC(C)(C)C[C@](C)(CC3=C1/C(=N\NS(=O)(=O)c1ccccc1)CC(C)(C)C3)C2. The minimum absolute atomic E-state index is 0.0285. The second-order valence-electron chi connectivity index (χ2n) is 12.1. The summed E-state index contributed by atoms with van der Waals surface area (Å²) in [7, 11) is -3.72. The van der Waals surface area contributed by atoms with Gasteiger partial charge in [0.05, 0.1) is 16.2 Å². The number of hydrogen-bond acceptors (Lipinski definition) is 4. The standard InChI is InChI=1S/C26H38N2O3S/c1-7-31-26-17-24(4,5)16-25(6,18-26)14-19-13-23(2,3)15-21(22(19)26)27-28-32(29,30)20-11-9-8-10-12-20/h8-12,28H,7,13-18H2,1-6H3/b27-21-/t25-,26+/m0/s1. The number of allylic oxidation sites excluding steroid dienone is 1. The van der Waals surface area contributed by atoms with Gasteiger partial charge in [0, 0.05) is 12.2 Å². The molecule has 0 unspecified atom stereocenters. The fourth-order valence-electron chi connectivity index (χ4n) is 7.15. The number of benzene rings is 1. The van der Waals surface area contributed by atoms with E-state index in [1.807, 2.05) is 0 Å². The smallest absolute Gasteiger partial charge is 0.276 e. The number of hydrogen-bond donors (Lipinski definition) is 1. The average Bonchev–Trinajstić information content (AvgIpc) is 2.63. The first-order valence-electron chi connectivity index (χ1n) is 11.8. The predicted octanol–water partition coefficient (Wildman–Crippen LogP) is 5.83. The molecule has 1 fully saturated rings. The highest BCUT2D eigenvalue weighted by atomic mass is 32.2. The topological polar surface area (TPSA) is 67.8 Å². The molecular weight excluding hydrogens is 420 g/mol. The van der Waals surface area contributed by atoms with Crippen LogP contribution in [0.1, 0.15) is 80.1 Å². The number of rotatable bonds is 5. The van der Waals surface area contributed by atoms with Gasteiger partial charge in [-0.15, -0.1) is 0 Å². The van der Waals surface area contributed by atoms with E-state index in [9.17, 15) is 8.42 Å². The van der Waals surface area contributed by atoms with E-state index in [-0.39, 0.29) is 21.1 Å². The minimum atomic E-state index is -3.72. The van der Waals surface area contributed by atoms with Gasteiger partial charge in [-0.1, -0.05) is 58.4 Å². The van der Waals surface area contributed by atoms with Crippen molar-refractivity contribution in [3.63, 3.8) is 0 Å². The zero-order valence-corrected chi connectivity index (χ0v) is 21.2. The Morgan fingerprint density at radius 3 is 2.28 bits per heavy atom. The van der Waals surface area contributed by atoms with Crippen molar-refractivity contribution in [3.05, 3.63) is 41.5 Å². The number of ether oxygens (including phenoxy) is 1. The van der Waals surface area contributed by atoms with Crippen LogP contribution in [-0.2, 0) is 14.8 Å². The Kier molecular flexibility index (Phi) is 5.65. The fourth-order valence-corrected chi connectivity index (χ4v) is 8.00. The van der Waals surface area contributed by atoms with E-state index in [2.05, 4.69) is 51.5 Å². The van der Waals surface area contributed by atoms with E-state index < -0.39 is 15.6 Å². The van der Waals surface area contributed by atoms with Crippen LogP contribution in [0.2, 0.25) is 0 Å². The molecule has 2 atom stereocenters. The van der Waals surface area contributed by atoms with Gasteiger partial charge in [0.15, 0.2) is 0 Å². The van der Waals surface area contributed by atoms with Crippen LogP contribution in [0.5, 0.6) is 0 Å². The molecule has 0 saturated heterocycles. The summed E-state index contributed by atoms with van der Waals surface area (Å²) in [4.78, 5) is 2.77. The van der Waals surface area contributed by atoms with Gasteiger partial charge in [0.1, 0.15) is 0 Å². The summed E-state index contributed by atoms with van der Waals surface area (Å²) < 4.78 is 32.4. The molecule has 0 heterocycles. The molecule has 0 aliphatic heterocycles. The molecule has 5 nitrogen and oxygen atoms in total. The molecular formula is C26H38N2O3S. The monoisotopic (exact) mass is 458 g/mol. The average molecular weight is 459 g/mol. The van der Waals surface area contributed by atoms with Gasteiger partial charge in [-0.3, -0.25) is 0 Å². The van der Waals surface area contributed by atoms with Crippen LogP contribution in [0.3, 0.4) is 0 Å². The van der Waals surface area contributed by atoms with Gasteiger partial charge in [-0.25, -0.2) is 0 Å². The van der Waals surface area contributed by atoms with Gasteiger partial charge < -0.3 is 4.74 Å². The maximum Gasteiger partial charge on any atom is 0.276 e. The van der Waals surface area contributed by atoms with Crippen molar-refractivity contribution in [2.75, 3.05) is 6.61 Å². The fraction of sp³-hybridized carbons (Fsp3) is 0.654. The Bertz CT molecular complexity index is 1060. The normalized spacial score (nSPS) is 32.5. The summed E-state index contributed by atoms with van der Waals surface area (Å²) in [5.41, 5.74) is 3.42. The molecule has 0 spiro atoms. The third-order valence-electron chi connectivity index (χ3n) is 7.23. The second-order valence-corrected chi connectivity index (χ2v) is 13.7. The van der Waals surface area contributed by atoms with Crippen molar-refractivity contribution in [2.24, 2.45) is 21.3 Å². The van der Waals surface area contributed by atoms with Crippen LogP contribution in [0, 0.1) is 16.2 Å². The highest BCUT2D eigenvalue weighted by molar-refractivity contribution is 7.89. The van der Waals surface area contributed by atoms with Gasteiger partial charge in [-0.2, -0.15) is 18.4 Å². The molecule has 3 aliphatic carbocycles. The number of sulfonamides is 1. The molecule has 176 valence electrons. The predicted molar refractivity (Wildman–Crippen MR) is 129 cm³/mol. The van der Waals surface area contributed by atoms with Crippen molar-refractivity contribution in [1.82, 2.24) is 4.83 Å². The molecule has 0 radical (unpaired) electrons. The summed E-state index contributed by atoms with van der Waals surface area (Å²) in [5, 5.41) is 4.60. The molecule has 1 aromatic rings. The zero-order valence-electron chi connectivity index (χ0n) is 20.4. The van der Waals surface area contributed by atoms with Crippen molar-refractivity contribution in [2.45, 2.75) is 90.6 Å². The first kappa shape index (κ1) is 23.5. The lowest BCUT2D eigenvalue weighted by Crippen LogP contribution is -2.56. The third kappa shape index (κ3) is 4.41. The summed E-state index contributed by atoms with van der Waals surface area (Å²) in [6, 6.07) is 8.44. The molecule has 1 aromatic carbocycles. The minimum Gasteiger partial charge on any atom is -0.370 e. The van der Waals surface area contributed by atoms with E-state index in [1.54, 1.807) is 30.3 Å². The molecule has 0 aromatic heterocycles. The third-order valence-corrected chi connectivity index (χ3v) is 8.46. The van der Waals surface area contributed by atoms with Crippen molar-refractivity contribution >= 4 is 15.7 Å². The largest absolute Gasteiger partial charge is 0.370 e. The van der Waals surface area contributed by atoms with Crippen LogP contribution >= 0.6 is 0 Å². The molecule has 1 saturated carbocycles. The Labute approximate surface area is 193 Å². The number of fused-ring (bicyclic) bond motifs is 3. The molecule has 3 aliphatic rings. The second kappa shape index (κ2) is 7.69. The summed E-state index contributed by atoms with van der Waals surface area (Å²) in [5.74, 6) is 0. The molecule has 0 amide bonds. The van der Waals surface area contributed by atoms with Crippen molar-refractivity contribution in [3.8, 4) is 0 Å². The van der Waals surface area contributed by atoms with Crippen molar-refractivity contribution < 1.29 is 13.2 Å². The highest BCUT2D eigenvalue weighted by Gasteiger charge is 2.57. The Morgan fingerprint density at radius 2 is 1.62 bits per heavy atom. The summed E-state index contributed by atoms with van der Waals surface area (Å²) >= 11 is 0. The van der Waals surface area contributed by atoms with Crippen LogP contribution in [0.4, 0.5) is 0 Å². The maximum absolute atomic E-state index is 12.9. The Morgan fingerprint density at radius 1 is 0.938 bits per heavy atom.